The van der Waals surface area contributed by atoms with E-state index in [2.05, 4.69) is 199 Å². The molecule has 0 fully saturated rings. The second-order valence-corrected chi connectivity index (χ2v) is 14.2. The fraction of sp³-hybridized carbons (Fsp3) is 0.0400. The van der Waals surface area contributed by atoms with Crippen molar-refractivity contribution in [3.63, 3.8) is 0 Å². The molecule has 1 aliphatic rings. The van der Waals surface area contributed by atoms with Gasteiger partial charge in [-0.3, -0.25) is 0 Å². The van der Waals surface area contributed by atoms with E-state index in [1.54, 1.807) is 0 Å². The number of fused-ring (bicyclic) bond motifs is 9. The standard InChI is InChI=1S/C50H34N4/c1-53-49(42-22-10-16-32-12-2-6-18-38(32)42)51-48(52-50(53)43-23-11-17-33-13-3-7-19-39(33)43)36-24-28-37(29-25-36)54-44-30-26-34-14-4-8-20-40(34)46(44)47-41-21-9-5-15-35(41)27-31-45(47)54/h2-31,49H,1H3. The van der Waals surface area contributed by atoms with Gasteiger partial charge in [0.25, 0.3) is 0 Å². The van der Waals surface area contributed by atoms with E-state index in [0.29, 0.717) is 0 Å². The van der Waals surface area contributed by atoms with Crippen molar-refractivity contribution < 1.29 is 0 Å². The molecule has 0 bridgehead atoms. The summed E-state index contributed by atoms with van der Waals surface area (Å²) >= 11 is 0. The topological polar surface area (TPSA) is 32.9 Å². The molecule has 1 aromatic heterocycles. The average molecular weight is 691 g/mol. The molecule has 54 heavy (non-hydrogen) atoms. The minimum Gasteiger partial charge on any atom is -0.333 e. The van der Waals surface area contributed by atoms with Crippen LogP contribution in [0.4, 0.5) is 0 Å². The van der Waals surface area contributed by atoms with Crippen molar-refractivity contribution >= 4 is 76.6 Å². The Morgan fingerprint density at radius 1 is 0.444 bits per heavy atom. The number of hydrogen-bond donors (Lipinski definition) is 0. The summed E-state index contributed by atoms with van der Waals surface area (Å²) in [7, 11) is 2.12. The molecule has 0 radical (unpaired) electrons. The van der Waals surface area contributed by atoms with Gasteiger partial charge in [0.15, 0.2) is 12.0 Å². The molecule has 11 rings (SSSR count). The molecule has 2 heterocycles. The number of benzene rings is 9. The Balaban J connectivity index is 1.11. The van der Waals surface area contributed by atoms with E-state index in [0.717, 1.165) is 34.0 Å². The zero-order valence-corrected chi connectivity index (χ0v) is 29.7. The van der Waals surface area contributed by atoms with Crippen molar-refractivity contribution in [2.75, 3.05) is 7.05 Å². The highest BCUT2D eigenvalue weighted by Crippen LogP contribution is 2.41. The van der Waals surface area contributed by atoms with Gasteiger partial charge in [-0.05, 0) is 79.5 Å². The number of aromatic nitrogens is 1. The van der Waals surface area contributed by atoms with Crippen LogP contribution in [0.5, 0.6) is 0 Å². The summed E-state index contributed by atoms with van der Waals surface area (Å²) in [4.78, 5) is 13.0. The predicted octanol–water partition coefficient (Wildman–Crippen LogP) is 12.2. The van der Waals surface area contributed by atoms with Gasteiger partial charge < -0.3 is 9.47 Å². The van der Waals surface area contributed by atoms with Crippen LogP contribution in [0, 0.1) is 0 Å². The van der Waals surface area contributed by atoms with Crippen LogP contribution < -0.4 is 0 Å². The third kappa shape index (κ3) is 4.63. The highest BCUT2D eigenvalue weighted by Gasteiger charge is 2.29. The van der Waals surface area contributed by atoms with Crippen LogP contribution in [0.15, 0.2) is 192 Å². The van der Waals surface area contributed by atoms with Crippen LogP contribution >= 0.6 is 0 Å². The lowest BCUT2D eigenvalue weighted by Crippen LogP contribution is -2.36. The third-order valence-corrected chi connectivity index (χ3v) is 11.2. The van der Waals surface area contributed by atoms with Crippen LogP contribution in [0.2, 0.25) is 0 Å². The van der Waals surface area contributed by atoms with E-state index in [9.17, 15) is 0 Å². The van der Waals surface area contributed by atoms with Crippen molar-refractivity contribution in [1.29, 1.82) is 0 Å². The first-order valence-corrected chi connectivity index (χ1v) is 18.5. The lowest BCUT2D eigenvalue weighted by molar-refractivity contribution is 0.385. The largest absolute Gasteiger partial charge is 0.333 e. The lowest BCUT2D eigenvalue weighted by Gasteiger charge is -2.33. The van der Waals surface area contributed by atoms with Gasteiger partial charge in [0.1, 0.15) is 5.84 Å². The average Bonchev–Trinajstić information content (AvgIpc) is 3.59. The molecule has 0 N–H and O–H groups in total. The van der Waals surface area contributed by atoms with Gasteiger partial charge in [-0.25, -0.2) is 9.98 Å². The van der Waals surface area contributed by atoms with Gasteiger partial charge in [0.05, 0.1) is 11.0 Å². The number of aliphatic imine (C=N–C) groups is 2. The number of amidine groups is 2. The summed E-state index contributed by atoms with van der Waals surface area (Å²) in [6, 6.07) is 65.4. The first-order chi connectivity index (χ1) is 26.7. The summed E-state index contributed by atoms with van der Waals surface area (Å²) in [6.45, 7) is 0. The van der Waals surface area contributed by atoms with E-state index >= 15 is 0 Å². The fourth-order valence-corrected chi connectivity index (χ4v) is 8.68. The minimum atomic E-state index is -0.267. The summed E-state index contributed by atoms with van der Waals surface area (Å²) in [5.74, 6) is 1.62. The second-order valence-electron chi connectivity index (χ2n) is 14.2. The molecule has 10 aromatic rings. The zero-order chi connectivity index (χ0) is 35.8. The maximum atomic E-state index is 5.42. The zero-order valence-electron chi connectivity index (χ0n) is 29.7. The second kappa shape index (κ2) is 12.0. The highest BCUT2D eigenvalue weighted by molar-refractivity contribution is 6.28. The smallest absolute Gasteiger partial charge is 0.159 e. The molecule has 0 saturated carbocycles. The van der Waals surface area contributed by atoms with Gasteiger partial charge >= 0.3 is 0 Å². The molecule has 1 atom stereocenters. The molecule has 0 saturated heterocycles. The van der Waals surface area contributed by atoms with Crippen molar-refractivity contribution in [3.05, 3.63) is 199 Å². The molecule has 1 aliphatic heterocycles. The predicted molar refractivity (Wildman–Crippen MR) is 227 cm³/mol. The summed E-state index contributed by atoms with van der Waals surface area (Å²) in [5, 5.41) is 12.3. The summed E-state index contributed by atoms with van der Waals surface area (Å²) in [6.07, 6.45) is -0.267. The molecule has 254 valence electrons. The third-order valence-electron chi connectivity index (χ3n) is 11.2. The Morgan fingerprint density at radius 3 is 1.57 bits per heavy atom. The van der Waals surface area contributed by atoms with Gasteiger partial charge in [0.2, 0.25) is 0 Å². The molecule has 4 nitrogen and oxygen atoms in total. The van der Waals surface area contributed by atoms with Gasteiger partial charge in [0, 0.05) is 40.2 Å². The molecular formula is C50H34N4. The quantitative estimate of drug-likeness (QED) is 0.181. The van der Waals surface area contributed by atoms with E-state index in [-0.39, 0.29) is 6.17 Å². The van der Waals surface area contributed by atoms with Gasteiger partial charge in [-0.1, -0.05) is 146 Å². The van der Waals surface area contributed by atoms with Crippen molar-refractivity contribution in [1.82, 2.24) is 9.47 Å². The SMILES string of the molecule is CN1C(c2cccc3ccccc23)=NC(c2ccc(-n3c4ccc5ccccc5c4c4c5ccccc5ccc43)cc2)=NC1c1cccc2ccccc12. The summed E-state index contributed by atoms with van der Waals surface area (Å²) in [5.41, 5.74) is 6.71. The van der Waals surface area contributed by atoms with Crippen LogP contribution in [-0.2, 0) is 0 Å². The van der Waals surface area contributed by atoms with E-state index in [1.807, 2.05) is 0 Å². The number of nitrogens with zero attached hydrogens (tertiary/aromatic N) is 4. The maximum Gasteiger partial charge on any atom is 0.159 e. The van der Waals surface area contributed by atoms with Crippen molar-refractivity contribution in [3.8, 4) is 5.69 Å². The van der Waals surface area contributed by atoms with E-state index in [4.69, 9.17) is 9.98 Å². The van der Waals surface area contributed by atoms with Crippen molar-refractivity contribution in [2.24, 2.45) is 9.98 Å². The molecule has 0 aliphatic carbocycles. The first kappa shape index (κ1) is 30.6. The van der Waals surface area contributed by atoms with E-state index in [1.165, 1.54) is 64.9 Å². The van der Waals surface area contributed by atoms with Crippen LogP contribution in [0.1, 0.15) is 22.9 Å². The maximum absolute atomic E-state index is 5.42. The molecule has 1 unspecified atom stereocenters. The Bertz CT molecular complexity index is 3080. The molecule has 0 spiro atoms. The van der Waals surface area contributed by atoms with E-state index < -0.39 is 0 Å². The monoisotopic (exact) mass is 690 g/mol. The highest BCUT2D eigenvalue weighted by atomic mass is 15.3. The Kier molecular flexibility index (Phi) is 6.80. The van der Waals surface area contributed by atoms with Gasteiger partial charge in [-0.15, -0.1) is 0 Å². The van der Waals surface area contributed by atoms with Crippen LogP contribution in [0.25, 0.3) is 70.6 Å². The van der Waals surface area contributed by atoms with Crippen LogP contribution in [0.3, 0.4) is 0 Å². The number of rotatable bonds is 4. The Hall–Kier alpha value is -7.04. The Labute approximate surface area is 312 Å². The van der Waals surface area contributed by atoms with Gasteiger partial charge in [-0.2, -0.15) is 0 Å². The Morgan fingerprint density at radius 2 is 0.944 bits per heavy atom. The van der Waals surface area contributed by atoms with Crippen LogP contribution in [-0.4, -0.2) is 28.2 Å². The molecule has 0 amide bonds. The number of hydrogen-bond acceptors (Lipinski definition) is 3. The van der Waals surface area contributed by atoms with Crippen molar-refractivity contribution in [2.45, 2.75) is 6.17 Å². The molecule has 9 aromatic carbocycles. The minimum absolute atomic E-state index is 0.267. The lowest BCUT2D eigenvalue weighted by atomic mass is 9.99. The normalized spacial score (nSPS) is 14.8. The molecular weight excluding hydrogens is 657 g/mol. The summed E-state index contributed by atoms with van der Waals surface area (Å²) < 4.78 is 2.41. The first-order valence-electron chi connectivity index (χ1n) is 18.5. The fourth-order valence-electron chi connectivity index (χ4n) is 8.68. The molecule has 4 heteroatoms.